The molecule has 0 radical (unpaired) electrons. The number of rotatable bonds is 9. The van der Waals surface area contributed by atoms with Crippen LogP contribution in [-0.2, 0) is 14.4 Å². The van der Waals surface area contributed by atoms with E-state index in [0.29, 0.717) is 29.2 Å². The standard InChI is InChI=1S/C30H41N5O5/c1-3-8-19-9-6-10-20(15-19)34-21-11-7-12-22(34)17-23(16-21)35-25-14-5-4-13-24(25)32-26(29(35)37)27(30(38)39)33-40-18(2)28(31)36/h4-5,13-14,18-23H,3,6-12,15-17H2,1-2H3,(H2,31,36)(H,38,39)/b33-27-/t18?,19-,20-,21-,22+,23?/m0/s1. The largest absolute Gasteiger partial charge is 0.476 e. The van der Waals surface area contributed by atoms with Gasteiger partial charge < -0.3 is 20.2 Å². The third-order valence-corrected chi connectivity index (χ3v) is 9.17. The molecule has 10 heteroatoms. The normalized spacial score (nSPS) is 28.2. The van der Waals surface area contributed by atoms with E-state index in [1.54, 1.807) is 10.6 Å². The van der Waals surface area contributed by atoms with Gasteiger partial charge in [-0.15, -0.1) is 0 Å². The summed E-state index contributed by atoms with van der Waals surface area (Å²) >= 11 is 0. The van der Waals surface area contributed by atoms with E-state index in [4.69, 9.17) is 10.6 Å². The van der Waals surface area contributed by atoms with Crippen LogP contribution >= 0.6 is 0 Å². The number of primary amides is 1. The number of piperidine rings is 2. The molecule has 2 aromatic rings. The molecule has 6 atom stereocenters. The molecule has 1 amide bonds. The minimum absolute atomic E-state index is 0.0822. The van der Waals surface area contributed by atoms with Gasteiger partial charge in [0.05, 0.1) is 11.0 Å². The second-order valence-electron chi connectivity index (χ2n) is 11.8. The molecule has 1 aromatic carbocycles. The van der Waals surface area contributed by atoms with Crippen LogP contribution in [0.3, 0.4) is 0 Å². The maximum atomic E-state index is 14.0. The van der Waals surface area contributed by atoms with E-state index in [-0.39, 0.29) is 11.7 Å². The zero-order valence-electron chi connectivity index (χ0n) is 23.5. The molecular weight excluding hydrogens is 510 g/mol. The minimum atomic E-state index is -1.46. The number of carbonyl (C=O) groups excluding carboxylic acids is 1. The number of carboxylic acid groups (broad SMARTS) is 1. The predicted molar refractivity (Wildman–Crippen MR) is 152 cm³/mol. The number of hydrogen-bond acceptors (Lipinski definition) is 7. The highest BCUT2D eigenvalue weighted by Crippen LogP contribution is 2.44. The first-order chi connectivity index (χ1) is 19.3. The summed E-state index contributed by atoms with van der Waals surface area (Å²) in [5.74, 6) is -1.45. The Kier molecular flexibility index (Phi) is 8.54. The van der Waals surface area contributed by atoms with Gasteiger partial charge in [0.25, 0.3) is 11.5 Å². The number of para-hydroxylation sites is 2. The van der Waals surface area contributed by atoms with E-state index in [9.17, 15) is 19.5 Å². The number of oxime groups is 1. The van der Waals surface area contributed by atoms with E-state index in [1.165, 1.54) is 51.9 Å². The van der Waals surface area contributed by atoms with Crippen molar-refractivity contribution in [3.8, 4) is 0 Å². The van der Waals surface area contributed by atoms with Crippen LogP contribution in [-0.4, -0.2) is 61.4 Å². The third-order valence-electron chi connectivity index (χ3n) is 9.17. The first-order valence-corrected chi connectivity index (χ1v) is 14.8. The number of amides is 1. The molecular formula is C30H41N5O5. The molecule has 1 aliphatic carbocycles. The fraction of sp³-hybridized carbons (Fsp3) is 0.633. The molecule has 5 rings (SSSR count). The smallest absolute Gasteiger partial charge is 0.360 e. The lowest BCUT2D eigenvalue weighted by Crippen LogP contribution is -2.58. The second kappa shape index (κ2) is 12.1. The maximum absolute atomic E-state index is 14.0. The Hall–Kier alpha value is -3.27. The molecule has 2 bridgehead atoms. The van der Waals surface area contributed by atoms with Gasteiger partial charge in [-0.25, -0.2) is 9.78 Å². The van der Waals surface area contributed by atoms with Gasteiger partial charge in [0.1, 0.15) is 0 Å². The Morgan fingerprint density at radius 3 is 2.38 bits per heavy atom. The number of nitrogens with two attached hydrogens (primary N) is 1. The highest BCUT2D eigenvalue weighted by atomic mass is 16.6. The summed E-state index contributed by atoms with van der Waals surface area (Å²) in [6.45, 7) is 3.64. The van der Waals surface area contributed by atoms with E-state index in [1.807, 2.05) is 18.2 Å². The quantitative estimate of drug-likeness (QED) is 0.355. The van der Waals surface area contributed by atoms with Crippen molar-refractivity contribution in [1.29, 1.82) is 0 Å². The Balaban J connectivity index is 1.51. The molecule has 3 aliphatic rings. The van der Waals surface area contributed by atoms with Gasteiger partial charge in [0.15, 0.2) is 5.69 Å². The van der Waals surface area contributed by atoms with Gasteiger partial charge in [0.2, 0.25) is 11.8 Å². The van der Waals surface area contributed by atoms with E-state index in [0.717, 1.165) is 31.6 Å². The molecule has 2 aliphatic heterocycles. The van der Waals surface area contributed by atoms with Crippen molar-refractivity contribution in [2.45, 2.75) is 115 Å². The number of aliphatic carboxylic acids is 1. The monoisotopic (exact) mass is 551 g/mol. The van der Waals surface area contributed by atoms with Crippen molar-refractivity contribution >= 4 is 28.6 Å². The molecule has 3 fully saturated rings. The molecule has 3 heterocycles. The van der Waals surface area contributed by atoms with Crippen molar-refractivity contribution in [2.24, 2.45) is 16.8 Å². The van der Waals surface area contributed by atoms with Crippen molar-refractivity contribution < 1.29 is 19.5 Å². The van der Waals surface area contributed by atoms with E-state index in [2.05, 4.69) is 22.0 Å². The summed E-state index contributed by atoms with van der Waals surface area (Å²) in [7, 11) is 0. The van der Waals surface area contributed by atoms with Crippen molar-refractivity contribution in [2.75, 3.05) is 0 Å². The molecule has 216 valence electrons. The fourth-order valence-electron chi connectivity index (χ4n) is 7.44. The number of carbonyl (C=O) groups is 2. The highest BCUT2D eigenvalue weighted by molar-refractivity contribution is 6.41. The first-order valence-electron chi connectivity index (χ1n) is 14.8. The summed E-state index contributed by atoms with van der Waals surface area (Å²) in [4.78, 5) is 49.9. The van der Waals surface area contributed by atoms with Crippen LogP contribution in [0.4, 0.5) is 0 Å². The lowest BCUT2D eigenvalue weighted by molar-refractivity contribution is -0.131. The summed E-state index contributed by atoms with van der Waals surface area (Å²) in [6.07, 6.45) is 11.7. The van der Waals surface area contributed by atoms with E-state index < -0.39 is 29.3 Å². The van der Waals surface area contributed by atoms with Crippen molar-refractivity contribution in [3.05, 3.63) is 40.3 Å². The van der Waals surface area contributed by atoms with Gasteiger partial charge in [-0.2, -0.15) is 0 Å². The molecule has 2 unspecified atom stereocenters. The number of benzene rings is 1. The average Bonchev–Trinajstić information content (AvgIpc) is 2.92. The molecule has 3 N–H and O–H groups in total. The SMILES string of the molecule is CCC[C@H]1CCC[C@H](N2[C@@H]3CCC[C@H]2CC(n2c(=O)c(/C(=N/OC(C)C(N)=O)C(=O)O)nc4ccccc42)C3)C1. The first kappa shape index (κ1) is 28.3. The highest BCUT2D eigenvalue weighted by Gasteiger charge is 2.44. The molecule has 10 nitrogen and oxygen atoms in total. The van der Waals surface area contributed by atoms with E-state index >= 15 is 0 Å². The number of fused-ring (bicyclic) bond motifs is 3. The third kappa shape index (κ3) is 5.64. The zero-order valence-corrected chi connectivity index (χ0v) is 23.5. The van der Waals surface area contributed by atoms with Gasteiger partial charge in [0, 0.05) is 24.2 Å². The van der Waals surface area contributed by atoms with Gasteiger partial charge in [-0.1, -0.05) is 56.3 Å². The molecule has 2 saturated heterocycles. The Morgan fingerprint density at radius 1 is 1.07 bits per heavy atom. The molecule has 1 saturated carbocycles. The van der Waals surface area contributed by atoms with Crippen molar-refractivity contribution in [3.63, 3.8) is 0 Å². The maximum Gasteiger partial charge on any atom is 0.360 e. The summed E-state index contributed by atoms with van der Waals surface area (Å²) in [5, 5.41) is 13.6. The van der Waals surface area contributed by atoms with Gasteiger partial charge >= 0.3 is 5.97 Å². The fourth-order valence-corrected chi connectivity index (χ4v) is 7.44. The Bertz CT molecular complexity index is 1320. The van der Waals surface area contributed by atoms with Crippen LogP contribution in [0.5, 0.6) is 0 Å². The molecule has 0 spiro atoms. The predicted octanol–water partition coefficient (Wildman–Crippen LogP) is 3.99. The second-order valence-corrected chi connectivity index (χ2v) is 11.8. The van der Waals surface area contributed by atoms with Crippen LogP contribution in [0.1, 0.15) is 96.2 Å². The number of hydrogen-bond donors (Lipinski definition) is 2. The number of aromatic nitrogens is 2. The molecule has 40 heavy (non-hydrogen) atoms. The van der Waals surface area contributed by atoms with Gasteiger partial charge in [-0.3, -0.25) is 14.5 Å². The Labute approximate surface area is 234 Å². The zero-order chi connectivity index (χ0) is 28.4. The van der Waals surface area contributed by atoms with Gasteiger partial charge in [-0.05, 0) is 63.5 Å². The minimum Gasteiger partial charge on any atom is -0.476 e. The lowest BCUT2D eigenvalue weighted by atomic mass is 9.76. The summed E-state index contributed by atoms with van der Waals surface area (Å²) < 4.78 is 1.75. The van der Waals surface area contributed by atoms with Crippen LogP contribution in [0.15, 0.2) is 34.2 Å². The van der Waals surface area contributed by atoms with Crippen molar-refractivity contribution in [1.82, 2.24) is 14.5 Å². The average molecular weight is 552 g/mol. The van der Waals surface area contributed by atoms with Crippen LogP contribution in [0.25, 0.3) is 11.0 Å². The Morgan fingerprint density at radius 2 is 1.73 bits per heavy atom. The lowest BCUT2D eigenvalue weighted by Gasteiger charge is -2.54. The van der Waals surface area contributed by atoms with Crippen LogP contribution in [0, 0.1) is 5.92 Å². The summed E-state index contributed by atoms with van der Waals surface area (Å²) in [6, 6.07) is 8.65. The molecule has 1 aromatic heterocycles. The van der Waals surface area contributed by atoms with Crippen LogP contribution < -0.4 is 11.3 Å². The van der Waals surface area contributed by atoms with Crippen LogP contribution in [0.2, 0.25) is 0 Å². The number of carboxylic acids is 1. The number of nitrogens with zero attached hydrogens (tertiary/aromatic N) is 4. The summed E-state index contributed by atoms with van der Waals surface area (Å²) in [5.41, 5.74) is 4.98. The topological polar surface area (TPSA) is 140 Å².